The van der Waals surface area contributed by atoms with Gasteiger partial charge in [0.2, 0.25) is 0 Å². The molecule has 68 heavy (non-hydrogen) atoms. The highest BCUT2D eigenvalue weighted by molar-refractivity contribution is 5.91. The Morgan fingerprint density at radius 3 is 1.94 bits per heavy atom. The second kappa shape index (κ2) is 37.9. The third kappa shape index (κ3) is 28.7. The molecule has 1 unspecified atom stereocenters. The number of ether oxygens (including phenoxy) is 1. The number of nitro groups is 1. The van der Waals surface area contributed by atoms with Gasteiger partial charge < -0.3 is 41.5 Å². The SMILES string of the molecule is C#CC#CC#CC#CC#CC#CC#CC#CC#CC#CC#CC#CC.CCCC(Nc1cncc(-c2ccc(NC(=O)NCCN(C)C)c(OC)c2)n1)c1cccnc1.NN=NN=NN[N+](=O)[O-].[HH].[HH].[HH].[HH].[HH].[HH].[HH].[HH].[HH].[HH].[HH].[HH].[HH].[HH]. The third-order valence-corrected chi connectivity index (χ3v) is 6.92. The topological polar surface area (TPSA) is 235 Å². The molecule has 18 nitrogen and oxygen atoms in total. The molecule has 6 N–H and O–H groups in total. The fraction of sp³-hybridized carbons (Fsp3) is 0.200. The Morgan fingerprint density at radius 2 is 1.46 bits per heavy atom. The van der Waals surface area contributed by atoms with Crippen molar-refractivity contribution in [3.63, 3.8) is 0 Å². The lowest BCUT2D eigenvalue weighted by Crippen LogP contribution is -2.34. The molecule has 1 atom stereocenters. The van der Waals surface area contributed by atoms with Gasteiger partial charge in [0.15, 0.2) is 5.22 Å². The lowest BCUT2D eigenvalue weighted by molar-refractivity contribution is -0.546. The average Bonchev–Trinajstić information content (AvgIpc) is 3.34. The van der Waals surface area contributed by atoms with Gasteiger partial charge in [0.1, 0.15) is 16.8 Å². The van der Waals surface area contributed by atoms with E-state index in [-0.39, 0.29) is 32.0 Å². The number of pyridine rings is 1. The summed E-state index contributed by atoms with van der Waals surface area (Å²) in [6, 6.07) is 9.34. The molecule has 0 saturated heterocycles. The molecular formula is C50H68N14O4. The van der Waals surface area contributed by atoms with Crippen LogP contribution in [0.15, 0.2) is 76.0 Å². The number of likely N-dealkylation sites (N-methyl/N-ethyl adjacent to an activating group) is 1. The van der Waals surface area contributed by atoms with Crippen molar-refractivity contribution in [1.82, 2.24) is 30.7 Å². The quantitative estimate of drug-likeness (QED) is 0.0346. The van der Waals surface area contributed by atoms with E-state index in [2.05, 4.69) is 202 Å². The van der Waals surface area contributed by atoms with E-state index in [9.17, 15) is 14.9 Å². The lowest BCUT2D eigenvalue weighted by Gasteiger charge is -2.19. The van der Waals surface area contributed by atoms with E-state index in [1.165, 1.54) is 5.53 Å². The van der Waals surface area contributed by atoms with Crippen molar-refractivity contribution in [2.75, 3.05) is 44.9 Å². The van der Waals surface area contributed by atoms with Crippen LogP contribution in [-0.4, -0.2) is 65.2 Å². The maximum atomic E-state index is 12.2. The maximum absolute atomic E-state index is 12.2. The molecule has 0 saturated carbocycles. The highest BCUT2D eigenvalue weighted by atomic mass is 16.7. The largest absolute Gasteiger partial charge is 0.495 e. The van der Waals surface area contributed by atoms with Crippen LogP contribution in [0.3, 0.4) is 0 Å². The molecule has 18 heteroatoms. The second-order valence-corrected chi connectivity index (χ2v) is 11.9. The van der Waals surface area contributed by atoms with Crippen LogP contribution in [0.2, 0.25) is 0 Å². The highest BCUT2D eigenvalue weighted by Crippen LogP contribution is 2.31. The van der Waals surface area contributed by atoms with Gasteiger partial charge in [-0.1, -0.05) is 36.6 Å². The zero-order valence-electron chi connectivity index (χ0n) is 37.4. The first-order valence-corrected chi connectivity index (χ1v) is 19.3. The number of hydrazine groups is 1. The maximum Gasteiger partial charge on any atom is 0.319 e. The molecule has 0 radical (unpaired) electrons. The summed E-state index contributed by atoms with van der Waals surface area (Å²) in [5.74, 6) is 62.6. The number of hydrogen-bond acceptors (Lipinski definition) is 11. The lowest BCUT2D eigenvalue weighted by atomic mass is 10.0. The van der Waals surface area contributed by atoms with Gasteiger partial charge in [-0.05, 0) is 146 Å². The minimum atomic E-state index is -0.907. The molecule has 0 aliphatic heterocycles. The number of methoxy groups -OCH3 is 1. The first-order chi connectivity index (χ1) is 33.2. The number of hydrogen-bond donors (Lipinski definition) is 5. The van der Waals surface area contributed by atoms with Gasteiger partial charge >= 0.3 is 6.03 Å². The molecule has 0 aliphatic carbocycles. The fourth-order valence-electron chi connectivity index (χ4n) is 4.25. The zero-order valence-corrected chi connectivity index (χ0v) is 37.4. The van der Waals surface area contributed by atoms with Crippen molar-refractivity contribution in [1.29, 1.82) is 0 Å². The van der Waals surface area contributed by atoms with Gasteiger partial charge in [-0.15, -0.1) is 6.42 Å². The van der Waals surface area contributed by atoms with Crippen molar-refractivity contribution in [3.05, 3.63) is 70.8 Å². The Labute approximate surface area is 417 Å². The normalized spacial score (nSPS) is 8.66. The minimum absolute atomic E-state index is 0. The monoisotopic (exact) mass is 929 g/mol. The molecular weight excluding hydrogens is 861 g/mol. The van der Waals surface area contributed by atoms with Crippen molar-refractivity contribution in [2.24, 2.45) is 26.7 Å². The Balaban J connectivity index is -0.0000000726. The van der Waals surface area contributed by atoms with Crippen molar-refractivity contribution >= 4 is 17.5 Å². The van der Waals surface area contributed by atoms with Crippen LogP contribution in [0.25, 0.3) is 11.3 Å². The summed E-state index contributed by atoms with van der Waals surface area (Å²) in [7, 11) is 5.48. The molecule has 0 spiro atoms. The molecule has 0 fully saturated rings. The van der Waals surface area contributed by atoms with Crippen LogP contribution in [0.5, 0.6) is 5.75 Å². The number of carbonyl (C=O) groups is 1. The number of terminal acetylenes is 1. The standard InChI is InChI=1S/C25H33N7O2.C25H4.H3N7O2.14H2/c1-5-7-20(19-8-6-11-26-15-19)29-24-17-27-16-22(30-24)18-9-10-21(23(14-18)34-4)31-25(33)28-12-13-32(2)3;1-3-5-7-9-11-13-15-17-19-21-23-25-24-22-20-18-16-14-12-10-8-6-4-2;1-2-3-4-5-6-7(8)9;;;;;;;;;;;;;;/h6,8-11,14-17,20H,5,7,12-13H2,1-4H3,(H,29,30)(H2,28,31,33);1H,2H3;(H2,1,3,5)(H,2,4,6);14*1H. The third-order valence-electron chi connectivity index (χ3n) is 6.92. The van der Waals surface area contributed by atoms with E-state index < -0.39 is 5.03 Å². The second-order valence-electron chi connectivity index (χ2n) is 11.9. The van der Waals surface area contributed by atoms with Gasteiger partial charge in [0, 0.05) is 97.3 Å². The Morgan fingerprint density at radius 1 is 0.868 bits per heavy atom. The fourth-order valence-corrected chi connectivity index (χ4v) is 4.25. The molecule has 0 aliphatic rings. The number of rotatable bonds is 14. The summed E-state index contributed by atoms with van der Waals surface area (Å²) in [6.45, 7) is 5.15. The van der Waals surface area contributed by atoms with Crippen LogP contribution >= 0.6 is 0 Å². The van der Waals surface area contributed by atoms with E-state index in [1.807, 2.05) is 43.4 Å². The van der Waals surface area contributed by atoms with E-state index in [1.54, 1.807) is 38.7 Å². The number of aromatic nitrogens is 3. The summed E-state index contributed by atoms with van der Waals surface area (Å²) < 4.78 is 5.51. The zero-order chi connectivity index (χ0) is 49.7. The molecule has 1 aromatic carbocycles. The summed E-state index contributed by atoms with van der Waals surface area (Å²) in [6.07, 6.45) is 13.9. The van der Waals surface area contributed by atoms with E-state index in [0.29, 0.717) is 29.5 Å². The molecule has 2 aromatic heterocycles. The van der Waals surface area contributed by atoms with Gasteiger partial charge in [0.25, 0.3) is 0 Å². The number of carbonyl (C=O) groups excluding carboxylic acids is 1. The van der Waals surface area contributed by atoms with Gasteiger partial charge in [-0.3, -0.25) is 9.97 Å². The number of nitrogens with two attached hydrogens (primary N) is 1. The first-order valence-electron chi connectivity index (χ1n) is 19.3. The summed E-state index contributed by atoms with van der Waals surface area (Å²) in [5.41, 5.74) is 4.57. The van der Waals surface area contributed by atoms with Gasteiger partial charge in [-0.25, -0.2) is 9.78 Å². The molecule has 362 valence electrons. The number of benzene rings is 1. The Hall–Kier alpha value is -10.8. The van der Waals surface area contributed by atoms with E-state index >= 15 is 0 Å². The van der Waals surface area contributed by atoms with E-state index in [0.717, 1.165) is 30.5 Å². The number of amides is 2. The Bertz CT molecular complexity index is 3070. The molecule has 3 aromatic rings. The number of nitrogens with one attached hydrogen (secondary N) is 4. The molecule has 2 heterocycles. The average molecular weight is 929 g/mol. The molecule has 2 amide bonds. The van der Waals surface area contributed by atoms with Crippen LogP contribution < -0.4 is 32.1 Å². The van der Waals surface area contributed by atoms with Crippen molar-refractivity contribution < 1.29 is 34.5 Å². The van der Waals surface area contributed by atoms with Crippen molar-refractivity contribution in [2.45, 2.75) is 32.7 Å². The van der Waals surface area contributed by atoms with Crippen LogP contribution in [0, 0.1) is 153 Å². The van der Waals surface area contributed by atoms with E-state index in [4.69, 9.17) is 16.1 Å². The predicted molar refractivity (Wildman–Crippen MR) is 289 cm³/mol. The van der Waals surface area contributed by atoms with Crippen LogP contribution in [0.1, 0.15) is 58.3 Å². The van der Waals surface area contributed by atoms with Crippen LogP contribution in [-0.2, 0) is 0 Å². The van der Waals surface area contributed by atoms with Gasteiger partial charge in [0.05, 0.1) is 42.0 Å². The van der Waals surface area contributed by atoms with Crippen molar-refractivity contribution in [3.8, 4) is 160 Å². The van der Waals surface area contributed by atoms with Crippen LogP contribution in [0.4, 0.5) is 16.3 Å². The summed E-state index contributed by atoms with van der Waals surface area (Å²) >= 11 is 0. The number of nitrogens with zero attached hydrogens (tertiary/aromatic N) is 9. The predicted octanol–water partition coefficient (Wildman–Crippen LogP) is 7.68. The minimum Gasteiger partial charge on any atom is -0.495 e. The van der Waals surface area contributed by atoms with Gasteiger partial charge in [-0.2, -0.15) is 0 Å². The molecule has 3 rings (SSSR count). The number of anilines is 2. The summed E-state index contributed by atoms with van der Waals surface area (Å²) in [5, 5.41) is 28.4. The number of urea groups is 1. The smallest absolute Gasteiger partial charge is 0.319 e. The molecule has 0 bridgehead atoms. The highest BCUT2D eigenvalue weighted by Gasteiger charge is 2.14. The Kier molecular flexibility index (Phi) is 30.8. The summed E-state index contributed by atoms with van der Waals surface area (Å²) in [4.78, 5) is 37.0. The first kappa shape index (κ1) is 55.2.